The quantitative estimate of drug-likeness (QED) is 0.399. The summed E-state index contributed by atoms with van der Waals surface area (Å²) in [5.41, 5.74) is -1.49. The topological polar surface area (TPSA) is 182 Å². The standard InChI is InChI=1S/C14H19N5O8/c1-18-12(24)7-11(16-14(18)25)19(2)17-6(15-7)4-26-13-10(23)9(22)8(21)5(3-20)27-13/h5,8-10,13,20-23H,3-4H2,1-2H3/t5-,8-,9+,10-,13-/m1/s1. The molecule has 0 aromatic heterocycles. The molecule has 0 bridgehead atoms. The lowest BCUT2D eigenvalue weighted by Gasteiger charge is -2.39. The highest BCUT2D eigenvalue weighted by atomic mass is 16.7. The number of aliphatic hydroxyl groups excluding tert-OH is 4. The Morgan fingerprint density at radius 3 is 2.48 bits per heavy atom. The van der Waals surface area contributed by atoms with Gasteiger partial charge in [0.2, 0.25) is 0 Å². The third-order valence-corrected chi connectivity index (χ3v) is 4.25. The van der Waals surface area contributed by atoms with Gasteiger partial charge in [0.1, 0.15) is 31.0 Å². The number of aliphatic hydroxyl groups is 4. The average molecular weight is 385 g/mol. The first kappa shape index (κ1) is 19.5. The molecule has 0 radical (unpaired) electrons. The van der Waals surface area contributed by atoms with Gasteiger partial charge in [-0.3, -0.25) is 9.36 Å². The lowest BCUT2D eigenvalue weighted by atomic mass is 9.99. The van der Waals surface area contributed by atoms with E-state index in [1.807, 2.05) is 0 Å². The zero-order valence-electron chi connectivity index (χ0n) is 14.5. The molecule has 13 nitrogen and oxygen atoms in total. The van der Waals surface area contributed by atoms with Crippen molar-refractivity contribution in [2.75, 3.05) is 6.61 Å². The molecule has 3 aliphatic rings. The van der Waals surface area contributed by atoms with Crippen LogP contribution in [0.2, 0.25) is 0 Å². The van der Waals surface area contributed by atoms with Gasteiger partial charge >= 0.3 is 5.69 Å². The molecule has 3 rings (SSSR count). The second-order valence-electron chi connectivity index (χ2n) is 6.09. The summed E-state index contributed by atoms with van der Waals surface area (Å²) in [5, 5.41) is 42.7. The molecule has 27 heavy (non-hydrogen) atoms. The number of aryl methyl sites for hydroxylation is 1. The number of aromatic nitrogens is 5. The van der Waals surface area contributed by atoms with Crippen molar-refractivity contribution in [1.82, 2.24) is 24.3 Å². The maximum atomic E-state index is 12.2. The van der Waals surface area contributed by atoms with Crippen LogP contribution in [0.1, 0.15) is 5.82 Å². The summed E-state index contributed by atoms with van der Waals surface area (Å²) in [5.74, 6) is 0.0270. The van der Waals surface area contributed by atoms with Crippen molar-refractivity contribution in [3.63, 3.8) is 0 Å². The van der Waals surface area contributed by atoms with Gasteiger partial charge in [-0.2, -0.15) is 10.1 Å². The smallest absolute Gasteiger partial charge is 0.352 e. The molecular weight excluding hydrogens is 366 g/mol. The number of hydrogen-bond acceptors (Lipinski definition) is 11. The highest BCUT2D eigenvalue weighted by molar-refractivity contribution is 5.47. The highest BCUT2D eigenvalue weighted by Crippen LogP contribution is 2.22. The van der Waals surface area contributed by atoms with Gasteiger partial charge in [0.25, 0.3) is 5.56 Å². The Balaban J connectivity index is 1.84. The van der Waals surface area contributed by atoms with Gasteiger partial charge in [-0.1, -0.05) is 0 Å². The molecule has 1 saturated heterocycles. The monoisotopic (exact) mass is 385 g/mol. The van der Waals surface area contributed by atoms with Crippen LogP contribution < -0.4 is 11.2 Å². The molecule has 0 aliphatic carbocycles. The number of hydrogen-bond donors (Lipinski definition) is 4. The molecule has 0 aromatic rings. The largest absolute Gasteiger partial charge is 0.394 e. The van der Waals surface area contributed by atoms with E-state index >= 15 is 0 Å². The molecule has 1 fully saturated rings. The summed E-state index contributed by atoms with van der Waals surface area (Å²) >= 11 is 0. The molecule has 0 aromatic carbocycles. The fourth-order valence-electron chi connectivity index (χ4n) is 2.68. The van der Waals surface area contributed by atoms with E-state index in [9.17, 15) is 30.0 Å². The average Bonchev–Trinajstić information content (AvgIpc) is 2.65. The Hall–Kier alpha value is -2.29. The van der Waals surface area contributed by atoms with Gasteiger partial charge in [-0.05, 0) is 0 Å². The molecule has 148 valence electrons. The first-order valence-electron chi connectivity index (χ1n) is 7.97. The minimum atomic E-state index is -1.58. The van der Waals surface area contributed by atoms with Gasteiger partial charge in [0.05, 0.1) is 6.61 Å². The number of ether oxygens (including phenoxy) is 2. The lowest BCUT2D eigenvalue weighted by molar-refractivity contribution is -0.304. The highest BCUT2D eigenvalue weighted by Gasteiger charge is 2.44. The third-order valence-electron chi connectivity index (χ3n) is 4.25. The minimum absolute atomic E-state index is 0.000287. The zero-order chi connectivity index (χ0) is 19.9. The van der Waals surface area contributed by atoms with Crippen LogP contribution >= 0.6 is 0 Å². The van der Waals surface area contributed by atoms with Gasteiger partial charge in [0, 0.05) is 14.1 Å². The molecule has 3 aliphatic heterocycles. The maximum Gasteiger partial charge on any atom is 0.352 e. The van der Waals surface area contributed by atoms with E-state index in [1.165, 1.54) is 18.8 Å². The van der Waals surface area contributed by atoms with E-state index < -0.39 is 48.6 Å². The van der Waals surface area contributed by atoms with Crippen molar-refractivity contribution < 1.29 is 29.9 Å². The van der Waals surface area contributed by atoms with Gasteiger partial charge in [0.15, 0.2) is 23.6 Å². The first-order chi connectivity index (χ1) is 12.7. The number of rotatable bonds is 4. The van der Waals surface area contributed by atoms with Gasteiger partial charge in [-0.15, -0.1) is 0 Å². The minimum Gasteiger partial charge on any atom is -0.394 e. The van der Waals surface area contributed by atoms with Gasteiger partial charge < -0.3 is 29.9 Å². The summed E-state index contributed by atoms with van der Waals surface area (Å²) in [6, 6.07) is 0. The summed E-state index contributed by atoms with van der Waals surface area (Å²) in [7, 11) is 2.73. The van der Waals surface area contributed by atoms with E-state index in [4.69, 9.17) is 9.47 Å². The molecule has 0 unspecified atom stereocenters. The molecular formula is C14H19N5O8. The van der Waals surface area contributed by atoms with E-state index in [1.54, 1.807) is 0 Å². The van der Waals surface area contributed by atoms with Crippen LogP contribution in [0.25, 0.3) is 11.5 Å². The van der Waals surface area contributed by atoms with Gasteiger partial charge in [-0.25, -0.2) is 14.5 Å². The van der Waals surface area contributed by atoms with Crippen molar-refractivity contribution in [2.24, 2.45) is 14.1 Å². The van der Waals surface area contributed by atoms with E-state index in [-0.39, 0.29) is 23.9 Å². The molecule has 13 heteroatoms. The second-order valence-corrected chi connectivity index (χ2v) is 6.09. The molecule has 0 saturated carbocycles. The third kappa shape index (κ3) is 3.47. The summed E-state index contributed by atoms with van der Waals surface area (Å²) in [6.07, 6.45) is -7.14. The van der Waals surface area contributed by atoms with Crippen molar-refractivity contribution in [2.45, 2.75) is 37.3 Å². The SMILES string of the molecule is Cn1nc(CO[C@@H]2O[C@H](CO)[C@@H](O)[C@H](O)[C@H]2O)nc2c(=O)n(C)c(=O)nc1-2. The van der Waals surface area contributed by atoms with Crippen LogP contribution in [0.15, 0.2) is 9.59 Å². The van der Waals surface area contributed by atoms with Crippen LogP contribution in [0.5, 0.6) is 0 Å². The summed E-state index contributed by atoms with van der Waals surface area (Å²) < 4.78 is 12.6. The van der Waals surface area contributed by atoms with E-state index in [2.05, 4.69) is 15.1 Å². The zero-order valence-corrected chi connectivity index (χ0v) is 14.5. The fourth-order valence-corrected chi connectivity index (χ4v) is 2.68. The maximum absolute atomic E-state index is 12.2. The first-order valence-corrected chi connectivity index (χ1v) is 7.97. The molecule has 0 spiro atoms. The molecule has 4 N–H and O–H groups in total. The Morgan fingerprint density at radius 1 is 1.11 bits per heavy atom. The number of nitrogens with zero attached hydrogens (tertiary/aromatic N) is 5. The van der Waals surface area contributed by atoms with Crippen LogP contribution in [0.3, 0.4) is 0 Å². The molecule has 0 amide bonds. The predicted octanol–water partition coefficient (Wildman–Crippen LogP) is -4.31. The van der Waals surface area contributed by atoms with E-state index in [0.717, 1.165) is 4.57 Å². The van der Waals surface area contributed by atoms with Crippen molar-refractivity contribution >= 4 is 0 Å². The van der Waals surface area contributed by atoms with Crippen LogP contribution in [0, 0.1) is 0 Å². The van der Waals surface area contributed by atoms with Crippen LogP contribution in [0.4, 0.5) is 0 Å². The van der Waals surface area contributed by atoms with E-state index in [0.29, 0.717) is 0 Å². The fraction of sp³-hybridized carbons (Fsp3) is 0.643. The summed E-state index contributed by atoms with van der Waals surface area (Å²) in [4.78, 5) is 31.6. The summed E-state index contributed by atoms with van der Waals surface area (Å²) in [6.45, 7) is -0.916. The predicted molar refractivity (Wildman–Crippen MR) is 85.5 cm³/mol. The Kier molecular flexibility index (Phi) is 5.32. The van der Waals surface area contributed by atoms with Crippen molar-refractivity contribution in [1.29, 1.82) is 0 Å². The lowest BCUT2D eigenvalue weighted by Crippen LogP contribution is -2.59. The Bertz CT molecular complexity index is 911. The van der Waals surface area contributed by atoms with Crippen LogP contribution in [-0.4, -0.2) is 82.1 Å². The molecule has 3 heterocycles. The van der Waals surface area contributed by atoms with Crippen molar-refractivity contribution in [3.05, 3.63) is 26.7 Å². The number of fused-ring (bicyclic) bond motifs is 1. The Morgan fingerprint density at radius 2 is 1.81 bits per heavy atom. The normalized spacial score (nSPS) is 28.6. The Labute approximate surface area is 151 Å². The van der Waals surface area contributed by atoms with Crippen molar-refractivity contribution in [3.8, 4) is 11.5 Å². The molecule has 5 atom stereocenters. The second kappa shape index (κ2) is 7.38. The van der Waals surface area contributed by atoms with Crippen LogP contribution in [-0.2, 0) is 30.2 Å².